The van der Waals surface area contributed by atoms with E-state index >= 15 is 0 Å². The number of methoxy groups -OCH3 is 1. The Labute approximate surface area is 213 Å². The summed E-state index contributed by atoms with van der Waals surface area (Å²) in [6, 6.07) is 5.88. The number of ether oxygens (including phenoxy) is 1. The predicted molar refractivity (Wildman–Crippen MR) is 137 cm³/mol. The molecule has 1 aliphatic rings. The van der Waals surface area contributed by atoms with E-state index in [2.05, 4.69) is 18.8 Å². The minimum absolute atomic E-state index is 0.108. The van der Waals surface area contributed by atoms with E-state index in [1.54, 1.807) is 17.9 Å². The summed E-state index contributed by atoms with van der Waals surface area (Å²) < 4.78 is 30.9. The van der Waals surface area contributed by atoms with Gasteiger partial charge >= 0.3 is 0 Å². The molecule has 1 aromatic carbocycles. The molecule has 0 saturated heterocycles. The third-order valence-electron chi connectivity index (χ3n) is 6.65. The van der Waals surface area contributed by atoms with Crippen LogP contribution in [0.3, 0.4) is 0 Å². The van der Waals surface area contributed by atoms with Crippen LogP contribution >= 0.6 is 11.6 Å². The van der Waals surface area contributed by atoms with Gasteiger partial charge in [-0.05, 0) is 74.2 Å². The quantitative estimate of drug-likeness (QED) is 0.532. The number of carbonyl (C=O) groups is 1. The number of rotatable bonds is 9. The largest absolute Gasteiger partial charge is 0.495 e. The predicted octanol–water partition coefficient (Wildman–Crippen LogP) is 3.91. The van der Waals surface area contributed by atoms with Crippen molar-refractivity contribution in [1.82, 2.24) is 14.5 Å². The van der Waals surface area contributed by atoms with Crippen molar-refractivity contribution in [2.45, 2.75) is 63.7 Å². The van der Waals surface area contributed by atoms with Gasteiger partial charge in [0.1, 0.15) is 21.3 Å². The maximum atomic E-state index is 13.3. The van der Waals surface area contributed by atoms with E-state index in [9.17, 15) is 18.3 Å². The number of carbonyl (C=O) groups excluding carboxylic acids is 1. The van der Waals surface area contributed by atoms with Crippen molar-refractivity contribution < 1.29 is 23.1 Å². The molecule has 2 aromatic rings. The van der Waals surface area contributed by atoms with Gasteiger partial charge in [-0.25, -0.2) is 13.4 Å². The van der Waals surface area contributed by atoms with Crippen LogP contribution in [0.5, 0.6) is 5.75 Å². The Morgan fingerprint density at radius 3 is 2.54 bits per heavy atom. The second-order valence-electron chi connectivity index (χ2n) is 9.94. The van der Waals surface area contributed by atoms with Gasteiger partial charge in [0.05, 0.1) is 23.6 Å². The smallest absolute Gasteiger partial charge is 0.274 e. The van der Waals surface area contributed by atoms with Crippen LogP contribution in [0.25, 0.3) is 5.69 Å². The number of aromatic nitrogens is 2. The molecule has 0 radical (unpaired) electrons. The summed E-state index contributed by atoms with van der Waals surface area (Å²) in [5.74, 6) is 0.788. The van der Waals surface area contributed by atoms with Gasteiger partial charge in [0, 0.05) is 25.5 Å². The van der Waals surface area contributed by atoms with Gasteiger partial charge in [0.15, 0.2) is 0 Å². The minimum atomic E-state index is -3.14. The van der Waals surface area contributed by atoms with Gasteiger partial charge in [0.25, 0.3) is 5.91 Å². The highest BCUT2D eigenvalue weighted by Crippen LogP contribution is 2.33. The van der Waals surface area contributed by atoms with Crippen molar-refractivity contribution in [2.75, 3.05) is 26.5 Å². The molecule has 10 heteroatoms. The van der Waals surface area contributed by atoms with Crippen LogP contribution in [0, 0.1) is 5.92 Å². The maximum Gasteiger partial charge on any atom is 0.274 e. The number of nitrogens with zero attached hydrogens (tertiary/aromatic N) is 3. The summed E-state index contributed by atoms with van der Waals surface area (Å²) in [7, 11) is -1.55. The first kappa shape index (κ1) is 27.5. The molecule has 0 atom stereocenters. The number of benzene rings is 1. The number of amides is 1. The first-order valence-electron chi connectivity index (χ1n) is 12.0. The molecule has 0 aliphatic heterocycles. The highest BCUT2D eigenvalue weighted by molar-refractivity contribution is 7.91. The first-order chi connectivity index (χ1) is 16.4. The fourth-order valence-electron chi connectivity index (χ4n) is 4.71. The second-order valence-corrected chi connectivity index (χ2v) is 12.6. The average molecular weight is 526 g/mol. The Hall–Kier alpha value is -2.10. The molecule has 1 N–H and O–H groups in total. The Morgan fingerprint density at radius 2 is 2.00 bits per heavy atom. The van der Waals surface area contributed by atoms with Crippen LogP contribution in [-0.4, -0.2) is 71.2 Å². The summed E-state index contributed by atoms with van der Waals surface area (Å²) in [6.45, 7) is 6.61. The standard InChI is InChI=1S/C25H36ClN3O5S/c1-6-28(16-25(31)11-9-19(10-12-25)35(5,32)33)23(30)20-15-29(24(26)27-20)21-8-7-18(13-17(2)3)14-22(21)34-4/h7-8,14-15,17,19,31H,6,9-13,16H2,1-5H3. The van der Waals surface area contributed by atoms with E-state index in [-0.39, 0.29) is 23.4 Å². The molecule has 3 rings (SSSR count). The van der Waals surface area contributed by atoms with Crippen molar-refractivity contribution in [3.05, 3.63) is 40.9 Å². The highest BCUT2D eigenvalue weighted by atomic mass is 35.5. The van der Waals surface area contributed by atoms with Crippen LogP contribution in [-0.2, 0) is 16.3 Å². The summed E-state index contributed by atoms with van der Waals surface area (Å²) in [6.07, 6.45) is 5.14. The van der Waals surface area contributed by atoms with E-state index in [0.717, 1.165) is 12.0 Å². The van der Waals surface area contributed by atoms with Gasteiger partial charge in [-0.1, -0.05) is 19.9 Å². The number of halogens is 1. The van der Waals surface area contributed by atoms with E-state index in [1.165, 1.54) is 11.2 Å². The fraction of sp³-hybridized carbons (Fsp3) is 0.600. The van der Waals surface area contributed by atoms with E-state index in [4.69, 9.17) is 16.3 Å². The lowest BCUT2D eigenvalue weighted by Gasteiger charge is -2.38. The Kier molecular flexibility index (Phi) is 8.55. The molecule has 1 heterocycles. The van der Waals surface area contributed by atoms with Crippen molar-refractivity contribution in [3.8, 4) is 11.4 Å². The molecule has 8 nitrogen and oxygen atoms in total. The molecule has 0 spiro atoms. The topological polar surface area (TPSA) is 102 Å². The summed E-state index contributed by atoms with van der Waals surface area (Å²) >= 11 is 6.42. The monoisotopic (exact) mass is 525 g/mol. The van der Waals surface area contributed by atoms with Gasteiger partial charge < -0.3 is 14.7 Å². The molecule has 0 unspecified atom stereocenters. The summed E-state index contributed by atoms with van der Waals surface area (Å²) in [5.41, 5.74) is 0.856. The van der Waals surface area contributed by atoms with Gasteiger partial charge in [-0.15, -0.1) is 0 Å². The normalized spacial score (nSPS) is 20.7. The van der Waals surface area contributed by atoms with Crippen molar-refractivity contribution in [1.29, 1.82) is 0 Å². The Balaban J connectivity index is 1.79. The van der Waals surface area contributed by atoms with Gasteiger partial charge in [-0.3, -0.25) is 9.36 Å². The molecule has 1 fully saturated rings. The summed E-state index contributed by atoms with van der Waals surface area (Å²) in [4.78, 5) is 19.1. The first-order valence-corrected chi connectivity index (χ1v) is 14.3. The van der Waals surface area contributed by atoms with Gasteiger partial charge in [0.2, 0.25) is 5.28 Å². The second kappa shape index (κ2) is 10.9. The number of imidazole rings is 1. The average Bonchev–Trinajstić information content (AvgIpc) is 3.17. The number of likely N-dealkylation sites (N-methyl/N-ethyl adjacent to an activating group) is 1. The Morgan fingerprint density at radius 1 is 1.34 bits per heavy atom. The van der Waals surface area contributed by atoms with Crippen molar-refractivity contribution in [2.24, 2.45) is 5.92 Å². The maximum absolute atomic E-state index is 13.3. The molecule has 0 bridgehead atoms. The van der Waals surface area contributed by atoms with Crippen LogP contribution in [0.1, 0.15) is 62.5 Å². The molecule has 1 amide bonds. The zero-order valence-electron chi connectivity index (χ0n) is 21.1. The molecular weight excluding hydrogens is 490 g/mol. The van der Waals surface area contributed by atoms with Crippen LogP contribution in [0.4, 0.5) is 0 Å². The Bertz CT molecular complexity index is 1150. The lowest BCUT2D eigenvalue weighted by atomic mass is 9.84. The third kappa shape index (κ3) is 6.57. The minimum Gasteiger partial charge on any atom is -0.495 e. The van der Waals surface area contributed by atoms with Crippen molar-refractivity contribution in [3.63, 3.8) is 0 Å². The molecule has 194 valence electrons. The van der Waals surface area contributed by atoms with Crippen molar-refractivity contribution >= 4 is 27.3 Å². The summed E-state index contributed by atoms with van der Waals surface area (Å²) in [5, 5.41) is 10.8. The van der Waals surface area contributed by atoms with E-state index in [0.29, 0.717) is 49.6 Å². The van der Waals surface area contributed by atoms with E-state index < -0.39 is 20.7 Å². The lowest BCUT2D eigenvalue weighted by Crippen LogP contribution is -2.49. The lowest BCUT2D eigenvalue weighted by molar-refractivity contribution is -0.0207. The van der Waals surface area contributed by atoms with Crippen LogP contribution < -0.4 is 4.74 Å². The highest BCUT2D eigenvalue weighted by Gasteiger charge is 2.39. The molecular formula is C25H36ClN3O5S. The number of sulfone groups is 1. The van der Waals surface area contributed by atoms with Gasteiger partial charge in [-0.2, -0.15) is 0 Å². The number of hydrogen-bond acceptors (Lipinski definition) is 6. The molecule has 1 aromatic heterocycles. The zero-order valence-corrected chi connectivity index (χ0v) is 22.7. The molecule has 1 saturated carbocycles. The van der Waals surface area contributed by atoms with Crippen LogP contribution in [0.15, 0.2) is 24.4 Å². The number of hydrogen-bond donors (Lipinski definition) is 1. The fourth-order valence-corrected chi connectivity index (χ4v) is 6.03. The molecule has 35 heavy (non-hydrogen) atoms. The van der Waals surface area contributed by atoms with E-state index in [1.807, 2.05) is 25.1 Å². The van der Waals surface area contributed by atoms with Crippen LogP contribution in [0.2, 0.25) is 5.28 Å². The SMILES string of the molecule is CCN(CC1(O)CCC(S(C)(=O)=O)CC1)C(=O)c1cn(-c2ccc(CC(C)C)cc2OC)c(Cl)n1. The molecule has 1 aliphatic carbocycles. The number of aliphatic hydroxyl groups is 1. The zero-order chi connectivity index (χ0) is 26.0. The third-order valence-corrected chi connectivity index (χ3v) is 8.60.